The number of ether oxygens (including phenoxy) is 1. The number of amides is 2. The monoisotopic (exact) mass is 509 g/mol. The van der Waals surface area contributed by atoms with Crippen LogP contribution in [0.1, 0.15) is 37.8 Å². The van der Waals surface area contributed by atoms with Crippen LogP contribution >= 0.6 is 0 Å². The number of nitrogens with one attached hydrogen (secondary N) is 1. The molecule has 0 saturated heterocycles. The fraction of sp³-hybridized carbons (Fsp3) is 0.300. The molecule has 1 aromatic heterocycles. The molecule has 2 heterocycles. The summed E-state index contributed by atoms with van der Waals surface area (Å²) in [5.41, 5.74) is 3.68. The van der Waals surface area contributed by atoms with Gasteiger partial charge in [0, 0.05) is 28.9 Å². The summed E-state index contributed by atoms with van der Waals surface area (Å²) in [7, 11) is 1.63. The lowest BCUT2D eigenvalue weighted by Gasteiger charge is -2.28. The van der Waals surface area contributed by atoms with Gasteiger partial charge in [-0.05, 0) is 53.8 Å². The van der Waals surface area contributed by atoms with Gasteiger partial charge in [-0.15, -0.1) is 5.10 Å². The summed E-state index contributed by atoms with van der Waals surface area (Å²) in [5, 5.41) is 13.0. The van der Waals surface area contributed by atoms with E-state index in [9.17, 15) is 9.59 Å². The molecule has 0 saturated carbocycles. The molecule has 5 rings (SSSR count). The van der Waals surface area contributed by atoms with Crippen LogP contribution in [0, 0.1) is 5.92 Å². The molecule has 1 aliphatic rings. The zero-order valence-corrected chi connectivity index (χ0v) is 21.8. The average Bonchev–Trinajstić information content (AvgIpc) is 3.09. The predicted molar refractivity (Wildman–Crippen MR) is 147 cm³/mol. The summed E-state index contributed by atoms with van der Waals surface area (Å²) in [6, 6.07) is 17.2. The zero-order chi connectivity index (χ0) is 26.6. The van der Waals surface area contributed by atoms with E-state index in [0.29, 0.717) is 31.0 Å². The number of benzene rings is 3. The number of carbonyl (C=O) groups excluding carboxylic acids is 2. The molecule has 0 spiro atoms. The van der Waals surface area contributed by atoms with Gasteiger partial charge in [0.1, 0.15) is 11.8 Å². The molecule has 1 aliphatic heterocycles. The molecular formula is C30H31N5O3. The van der Waals surface area contributed by atoms with Crippen molar-refractivity contribution in [3.63, 3.8) is 0 Å². The predicted octanol–water partition coefficient (Wildman–Crippen LogP) is 4.71. The van der Waals surface area contributed by atoms with Gasteiger partial charge in [0.2, 0.25) is 11.8 Å². The van der Waals surface area contributed by atoms with E-state index in [-0.39, 0.29) is 17.7 Å². The topological polar surface area (TPSA) is 97.3 Å². The molecule has 3 aromatic carbocycles. The molecule has 194 valence electrons. The Labute approximate surface area is 222 Å². The van der Waals surface area contributed by atoms with Crippen molar-refractivity contribution in [3.8, 4) is 17.1 Å². The van der Waals surface area contributed by atoms with Crippen LogP contribution in [-0.4, -0.2) is 40.1 Å². The molecule has 2 amide bonds. The van der Waals surface area contributed by atoms with Gasteiger partial charge in [-0.2, -0.15) is 5.10 Å². The smallest absolute Gasteiger partial charge is 0.249 e. The quantitative estimate of drug-likeness (QED) is 0.388. The standard InChI is InChI=1S/C30H31N5O3/c1-4-19(2)29(36)33-25-13-10-20-7-5-6-8-26(20)35(30(25)37)18-24-23-12-9-22(28-31-15-16-32-34-28)17-21(23)11-14-27(24)38-3/h5-9,11-12,14-17,19,25H,4,10,13,18H2,1-3H3,(H,33,36)/t19-,25+/m1/s1. The van der Waals surface area contributed by atoms with Crippen molar-refractivity contribution in [1.29, 1.82) is 0 Å². The van der Waals surface area contributed by atoms with Crippen molar-refractivity contribution in [3.05, 3.63) is 78.1 Å². The number of hydrogen-bond acceptors (Lipinski definition) is 6. The second-order valence-corrected chi connectivity index (χ2v) is 9.61. The van der Waals surface area contributed by atoms with E-state index >= 15 is 0 Å². The Morgan fingerprint density at radius 1 is 1.16 bits per heavy atom. The summed E-state index contributed by atoms with van der Waals surface area (Å²) in [6.45, 7) is 4.16. The number of carbonyl (C=O) groups is 2. The first-order valence-corrected chi connectivity index (χ1v) is 12.9. The van der Waals surface area contributed by atoms with Crippen LogP contribution in [0.25, 0.3) is 22.2 Å². The number of aromatic nitrogens is 3. The second-order valence-electron chi connectivity index (χ2n) is 9.61. The molecule has 0 fully saturated rings. The number of rotatable bonds is 7. The Balaban J connectivity index is 1.56. The molecule has 0 unspecified atom stereocenters. The Morgan fingerprint density at radius 2 is 2.00 bits per heavy atom. The molecule has 4 aromatic rings. The van der Waals surface area contributed by atoms with Crippen LogP contribution in [0.15, 0.2) is 67.0 Å². The minimum Gasteiger partial charge on any atom is -0.496 e. The highest BCUT2D eigenvalue weighted by Crippen LogP contribution is 2.35. The van der Waals surface area contributed by atoms with Crippen molar-refractivity contribution in [2.24, 2.45) is 5.92 Å². The van der Waals surface area contributed by atoms with Crippen LogP contribution in [0.3, 0.4) is 0 Å². The molecule has 0 bridgehead atoms. The first-order chi connectivity index (χ1) is 18.5. The molecule has 0 radical (unpaired) electrons. The highest BCUT2D eigenvalue weighted by atomic mass is 16.5. The van der Waals surface area contributed by atoms with E-state index in [1.807, 2.05) is 62.4 Å². The van der Waals surface area contributed by atoms with E-state index in [0.717, 1.165) is 39.6 Å². The first-order valence-electron chi connectivity index (χ1n) is 12.9. The SMILES string of the molecule is CC[C@@H](C)C(=O)N[C@H]1CCc2ccccc2N(Cc2c(OC)ccc3cc(-c4nccnn4)ccc23)C1=O. The van der Waals surface area contributed by atoms with Gasteiger partial charge >= 0.3 is 0 Å². The van der Waals surface area contributed by atoms with E-state index in [2.05, 4.69) is 26.6 Å². The van der Waals surface area contributed by atoms with Gasteiger partial charge in [-0.1, -0.05) is 50.2 Å². The minimum absolute atomic E-state index is 0.0929. The Kier molecular flexibility index (Phi) is 7.31. The number of nitrogens with zero attached hydrogens (tertiary/aromatic N) is 4. The number of methoxy groups -OCH3 is 1. The van der Waals surface area contributed by atoms with Crippen molar-refractivity contribution in [2.75, 3.05) is 12.0 Å². The van der Waals surface area contributed by atoms with E-state index < -0.39 is 6.04 Å². The van der Waals surface area contributed by atoms with Crippen LogP contribution in [0.4, 0.5) is 5.69 Å². The fourth-order valence-electron chi connectivity index (χ4n) is 4.92. The Bertz CT molecular complexity index is 1470. The van der Waals surface area contributed by atoms with E-state index in [1.165, 1.54) is 0 Å². The molecule has 8 nitrogen and oxygen atoms in total. The van der Waals surface area contributed by atoms with Gasteiger partial charge in [-0.3, -0.25) is 9.59 Å². The fourth-order valence-corrected chi connectivity index (χ4v) is 4.92. The summed E-state index contributed by atoms with van der Waals surface area (Å²) in [4.78, 5) is 32.8. The molecular weight excluding hydrogens is 478 g/mol. The van der Waals surface area contributed by atoms with Gasteiger partial charge in [0.05, 0.1) is 19.9 Å². The van der Waals surface area contributed by atoms with Crippen molar-refractivity contribution < 1.29 is 14.3 Å². The third kappa shape index (κ3) is 4.94. The molecule has 1 N–H and O–H groups in total. The van der Waals surface area contributed by atoms with Gasteiger partial charge < -0.3 is 15.0 Å². The zero-order valence-electron chi connectivity index (χ0n) is 21.8. The van der Waals surface area contributed by atoms with Gasteiger partial charge in [0.15, 0.2) is 5.82 Å². The average molecular weight is 510 g/mol. The van der Waals surface area contributed by atoms with Crippen LogP contribution in [0.5, 0.6) is 5.75 Å². The molecule has 0 aliphatic carbocycles. The molecule has 38 heavy (non-hydrogen) atoms. The highest BCUT2D eigenvalue weighted by molar-refractivity contribution is 6.01. The highest BCUT2D eigenvalue weighted by Gasteiger charge is 2.33. The maximum absolute atomic E-state index is 14.0. The summed E-state index contributed by atoms with van der Waals surface area (Å²) in [6.07, 6.45) is 5.13. The Morgan fingerprint density at radius 3 is 2.76 bits per heavy atom. The second kappa shape index (κ2) is 11.0. The summed E-state index contributed by atoms with van der Waals surface area (Å²) in [5.74, 6) is 0.870. The lowest BCUT2D eigenvalue weighted by molar-refractivity contribution is -0.129. The lowest BCUT2D eigenvalue weighted by atomic mass is 9.99. The van der Waals surface area contributed by atoms with Crippen molar-refractivity contribution in [2.45, 2.75) is 45.7 Å². The minimum atomic E-state index is -0.598. The third-order valence-electron chi connectivity index (χ3n) is 7.29. The van der Waals surface area contributed by atoms with Crippen molar-refractivity contribution in [1.82, 2.24) is 20.5 Å². The number of hydrogen-bond donors (Lipinski definition) is 1. The third-order valence-corrected chi connectivity index (χ3v) is 7.29. The van der Waals surface area contributed by atoms with Crippen molar-refractivity contribution >= 4 is 28.3 Å². The molecule has 8 heteroatoms. The number of anilines is 1. The van der Waals surface area contributed by atoms with Crippen LogP contribution in [-0.2, 0) is 22.6 Å². The van der Waals surface area contributed by atoms with E-state index in [1.54, 1.807) is 24.4 Å². The van der Waals surface area contributed by atoms with Gasteiger partial charge in [-0.25, -0.2) is 4.98 Å². The number of aryl methyl sites for hydroxylation is 1. The summed E-state index contributed by atoms with van der Waals surface area (Å²) < 4.78 is 5.76. The van der Waals surface area contributed by atoms with Crippen LogP contribution in [0.2, 0.25) is 0 Å². The maximum Gasteiger partial charge on any atom is 0.249 e. The Hall–Kier alpha value is -4.33. The number of para-hydroxylation sites is 1. The summed E-state index contributed by atoms with van der Waals surface area (Å²) >= 11 is 0. The lowest BCUT2D eigenvalue weighted by Crippen LogP contribution is -2.49. The first kappa shape index (κ1) is 25.3. The number of fused-ring (bicyclic) bond motifs is 2. The normalized spacial score (nSPS) is 16.0. The largest absolute Gasteiger partial charge is 0.496 e. The van der Waals surface area contributed by atoms with Gasteiger partial charge in [0.25, 0.3) is 0 Å². The van der Waals surface area contributed by atoms with E-state index in [4.69, 9.17) is 4.74 Å². The van der Waals surface area contributed by atoms with Crippen LogP contribution < -0.4 is 15.0 Å². The maximum atomic E-state index is 14.0. The molecule has 2 atom stereocenters.